The van der Waals surface area contributed by atoms with Gasteiger partial charge >= 0.3 is 0 Å². The van der Waals surface area contributed by atoms with Gasteiger partial charge in [0.25, 0.3) is 5.91 Å². The summed E-state index contributed by atoms with van der Waals surface area (Å²) in [6.45, 7) is 4.06. The van der Waals surface area contributed by atoms with E-state index in [-0.39, 0.29) is 17.5 Å². The number of piperazine rings is 1. The highest BCUT2D eigenvalue weighted by molar-refractivity contribution is 5.94. The Morgan fingerprint density at radius 2 is 2.50 bits per heavy atom. The minimum Gasteiger partial charge on any atom is -0.333 e. The number of carbonyl (C=O) groups excluding carboxylic acids is 1. The fraction of sp³-hybridized carbons (Fsp3) is 0.455. The van der Waals surface area contributed by atoms with Crippen LogP contribution in [0.15, 0.2) is 18.5 Å². The zero-order valence-electron chi connectivity index (χ0n) is 9.11. The topological polar surface area (TPSA) is 45.2 Å². The van der Waals surface area contributed by atoms with Crippen molar-refractivity contribution in [2.75, 3.05) is 19.6 Å². The van der Waals surface area contributed by atoms with E-state index in [9.17, 15) is 9.18 Å². The molecule has 0 radical (unpaired) electrons. The SMILES string of the molecule is C[C@@H]1CNCCN1C(=O)c1ccncc1F. The number of hydrogen-bond donors (Lipinski definition) is 1. The van der Waals surface area contributed by atoms with Crippen LogP contribution in [0.4, 0.5) is 4.39 Å². The predicted molar refractivity (Wildman–Crippen MR) is 57.6 cm³/mol. The van der Waals surface area contributed by atoms with Crippen molar-refractivity contribution in [3.63, 3.8) is 0 Å². The van der Waals surface area contributed by atoms with Crippen molar-refractivity contribution >= 4 is 5.91 Å². The Bertz CT molecular complexity index is 397. The summed E-state index contributed by atoms with van der Waals surface area (Å²) in [5, 5.41) is 3.19. The first-order valence-electron chi connectivity index (χ1n) is 5.31. The van der Waals surface area contributed by atoms with Crippen LogP contribution in [-0.2, 0) is 0 Å². The fourth-order valence-electron chi connectivity index (χ4n) is 1.85. The summed E-state index contributed by atoms with van der Waals surface area (Å²) in [5.41, 5.74) is 0.101. The summed E-state index contributed by atoms with van der Waals surface area (Å²) >= 11 is 0. The molecule has 1 atom stereocenters. The molecule has 86 valence electrons. The lowest BCUT2D eigenvalue weighted by molar-refractivity contribution is 0.0651. The number of aromatic nitrogens is 1. The van der Waals surface area contributed by atoms with Gasteiger partial charge in [-0.1, -0.05) is 0 Å². The minimum atomic E-state index is -0.557. The molecule has 4 nitrogen and oxygen atoms in total. The normalized spacial score (nSPS) is 20.9. The first-order valence-corrected chi connectivity index (χ1v) is 5.31. The molecule has 0 spiro atoms. The van der Waals surface area contributed by atoms with Crippen LogP contribution in [0, 0.1) is 5.82 Å². The van der Waals surface area contributed by atoms with Gasteiger partial charge in [0, 0.05) is 31.9 Å². The molecule has 1 saturated heterocycles. The average Bonchev–Trinajstić information content (AvgIpc) is 2.29. The third kappa shape index (κ3) is 2.04. The van der Waals surface area contributed by atoms with E-state index in [0.717, 1.165) is 19.3 Å². The third-order valence-electron chi connectivity index (χ3n) is 2.77. The van der Waals surface area contributed by atoms with Crippen LogP contribution in [0.5, 0.6) is 0 Å². The largest absolute Gasteiger partial charge is 0.333 e. The number of carbonyl (C=O) groups is 1. The van der Waals surface area contributed by atoms with Gasteiger partial charge in [-0.25, -0.2) is 4.39 Å². The van der Waals surface area contributed by atoms with Crippen LogP contribution < -0.4 is 5.32 Å². The van der Waals surface area contributed by atoms with Crippen molar-refractivity contribution in [3.05, 3.63) is 29.8 Å². The molecule has 1 aromatic heterocycles. The van der Waals surface area contributed by atoms with Gasteiger partial charge in [0.15, 0.2) is 5.82 Å². The molecular formula is C11H14FN3O. The monoisotopic (exact) mass is 223 g/mol. The molecule has 0 bridgehead atoms. The van der Waals surface area contributed by atoms with Gasteiger partial charge in [-0.05, 0) is 13.0 Å². The Labute approximate surface area is 93.5 Å². The standard InChI is InChI=1S/C11H14FN3O/c1-8-6-14-4-5-15(8)11(16)9-2-3-13-7-10(9)12/h2-3,7-8,14H,4-6H2,1H3/t8-/m1/s1. The van der Waals surface area contributed by atoms with Crippen LogP contribution >= 0.6 is 0 Å². The van der Waals surface area contributed by atoms with Gasteiger partial charge in [-0.2, -0.15) is 0 Å². The van der Waals surface area contributed by atoms with Gasteiger partial charge < -0.3 is 10.2 Å². The number of pyridine rings is 1. The zero-order chi connectivity index (χ0) is 11.5. The first-order chi connectivity index (χ1) is 7.70. The lowest BCUT2D eigenvalue weighted by Crippen LogP contribution is -2.52. The predicted octanol–water partition coefficient (Wildman–Crippen LogP) is 0.655. The molecule has 1 N–H and O–H groups in total. The summed E-state index contributed by atoms with van der Waals surface area (Å²) in [6.07, 6.45) is 2.50. The molecule has 2 rings (SSSR count). The fourth-order valence-corrected chi connectivity index (χ4v) is 1.85. The van der Waals surface area contributed by atoms with E-state index >= 15 is 0 Å². The lowest BCUT2D eigenvalue weighted by atomic mass is 10.1. The Morgan fingerprint density at radius 3 is 3.19 bits per heavy atom. The molecule has 0 unspecified atom stereocenters. The third-order valence-corrected chi connectivity index (χ3v) is 2.77. The molecule has 1 aliphatic heterocycles. The highest BCUT2D eigenvalue weighted by Gasteiger charge is 2.25. The van der Waals surface area contributed by atoms with Crippen molar-refractivity contribution < 1.29 is 9.18 Å². The first kappa shape index (κ1) is 11.0. The van der Waals surface area contributed by atoms with E-state index in [4.69, 9.17) is 0 Å². The number of rotatable bonds is 1. The number of nitrogens with zero attached hydrogens (tertiary/aromatic N) is 2. The maximum absolute atomic E-state index is 13.4. The van der Waals surface area contributed by atoms with E-state index in [0.29, 0.717) is 6.54 Å². The summed E-state index contributed by atoms with van der Waals surface area (Å²) in [6, 6.07) is 1.51. The summed E-state index contributed by atoms with van der Waals surface area (Å²) in [5.74, 6) is -0.813. The highest BCUT2D eigenvalue weighted by Crippen LogP contribution is 2.12. The number of hydrogen-bond acceptors (Lipinski definition) is 3. The van der Waals surface area contributed by atoms with Crippen molar-refractivity contribution in [1.29, 1.82) is 0 Å². The van der Waals surface area contributed by atoms with Crippen molar-refractivity contribution in [2.45, 2.75) is 13.0 Å². The van der Waals surface area contributed by atoms with Crippen LogP contribution in [0.2, 0.25) is 0 Å². The van der Waals surface area contributed by atoms with Crippen LogP contribution in [0.25, 0.3) is 0 Å². The molecule has 5 heteroatoms. The molecule has 1 fully saturated rings. The van der Waals surface area contributed by atoms with Crippen molar-refractivity contribution in [1.82, 2.24) is 15.2 Å². The van der Waals surface area contributed by atoms with E-state index in [1.807, 2.05) is 6.92 Å². The Hall–Kier alpha value is -1.49. The van der Waals surface area contributed by atoms with Crippen molar-refractivity contribution in [3.8, 4) is 0 Å². The van der Waals surface area contributed by atoms with Gasteiger partial charge in [0.1, 0.15) is 0 Å². The van der Waals surface area contributed by atoms with E-state index in [1.165, 1.54) is 12.3 Å². The van der Waals surface area contributed by atoms with E-state index in [1.54, 1.807) is 4.90 Å². The molecular weight excluding hydrogens is 209 g/mol. The highest BCUT2D eigenvalue weighted by atomic mass is 19.1. The van der Waals surface area contributed by atoms with Crippen LogP contribution in [0.3, 0.4) is 0 Å². The molecule has 1 aromatic rings. The molecule has 16 heavy (non-hydrogen) atoms. The summed E-state index contributed by atoms with van der Waals surface area (Å²) in [4.78, 5) is 17.4. The molecule has 0 aliphatic carbocycles. The number of nitrogens with one attached hydrogen (secondary N) is 1. The number of amides is 1. The average molecular weight is 223 g/mol. The maximum atomic E-state index is 13.4. The molecule has 2 heterocycles. The second-order valence-corrected chi connectivity index (χ2v) is 3.91. The summed E-state index contributed by atoms with van der Waals surface area (Å²) < 4.78 is 13.4. The van der Waals surface area contributed by atoms with Gasteiger partial charge in [0.05, 0.1) is 11.8 Å². The molecule has 1 amide bonds. The Kier molecular flexibility index (Phi) is 3.14. The minimum absolute atomic E-state index is 0.0915. The maximum Gasteiger partial charge on any atom is 0.257 e. The van der Waals surface area contributed by atoms with Gasteiger partial charge in [-0.15, -0.1) is 0 Å². The van der Waals surface area contributed by atoms with Crippen LogP contribution in [0.1, 0.15) is 17.3 Å². The smallest absolute Gasteiger partial charge is 0.257 e. The quantitative estimate of drug-likeness (QED) is 0.760. The summed E-state index contributed by atoms with van der Waals surface area (Å²) in [7, 11) is 0. The van der Waals surface area contributed by atoms with E-state index in [2.05, 4.69) is 10.3 Å². The molecule has 1 aliphatic rings. The Balaban J connectivity index is 2.21. The molecule has 0 aromatic carbocycles. The molecule has 0 saturated carbocycles. The van der Waals surface area contributed by atoms with Crippen molar-refractivity contribution in [2.24, 2.45) is 0 Å². The Morgan fingerprint density at radius 1 is 1.69 bits per heavy atom. The second-order valence-electron chi connectivity index (χ2n) is 3.91. The van der Waals surface area contributed by atoms with Gasteiger partial charge in [-0.3, -0.25) is 9.78 Å². The lowest BCUT2D eigenvalue weighted by Gasteiger charge is -2.34. The second kappa shape index (κ2) is 4.57. The van der Waals surface area contributed by atoms with Gasteiger partial charge in [0.2, 0.25) is 0 Å². The van der Waals surface area contributed by atoms with Crippen LogP contribution in [-0.4, -0.2) is 41.5 Å². The zero-order valence-corrected chi connectivity index (χ0v) is 9.11. The van der Waals surface area contributed by atoms with E-state index < -0.39 is 5.82 Å². The number of halogens is 1.